The molecular weight excluding hydrogens is 252 g/mol. The number of carboxylic acid groups (broad SMARTS) is 1. The van der Waals surface area contributed by atoms with E-state index in [0.29, 0.717) is 5.56 Å². The maximum atomic E-state index is 11.1. The summed E-state index contributed by atoms with van der Waals surface area (Å²) in [5.41, 5.74) is -0.149. The van der Waals surface area contributed by atoms with Crippen LogP contribution in [0.2, 0.25) is 0 Å². The monoisotopic (exact) mass is 268 g/mol. The van der Waals surface area contributed by atoms with E-state index in [1.165, 1.54) is 0 Å². The van der Waals surface area contributed by atoms with E-state index in [1.807, 2.05) is 0 Å². The first-order valence-corrected chi connectivity index (χ1v) is 5.63. The number of benzene rings is 1. The molecule has 0 amide bonds. The molecule has 0 bridgehead atoms. The molecule has 1 atom stereocenters. The number of rotatable bonds is 4. The Kier molecular flexibility index (Phi) is 5.02. The average Bonchev–Trinajstić information content (AvgIpc) is 2.34. The third-order valence-corrected chi connectivity index (χ3v) is 1.85. The van der Waals surface area contributed by atoms with Crippen LogP contribution in [-0.2, 0) is 24.1 Å². The van der Waals surface area contributed by atoms with Crippen molar-refractivity contribution < 1.29 is 29.2 Å². The highest BCUT2D eigenvalue weighted by molar-refractivity contribution is 6.28. The highest BCUT2D eigenvalue weighted by Gasteiger charge is 2.25. The quantitative estimate of drug-likeness (QED) is 0.296. The lowest BCUT2D eigenvalue weighted by Gasteiger charge is -2.22. The lowest BCUT2D eigenvalue weighted by molar-refractivity contribution is -0.413. The van der Waals surface area contributed by atoms with Crippen molar-refractivity contribution in [3.63, 3.8) is 0 Å². The van der Waals surface area contributed by atoms with Gasteiger partial charge in [-0.25, -0.2) is 14.5 Å². The molecule has 1 aromatic rings. The smallest absolute Gasteiger partial charge is 0.419 e. The number of carbonyl (C=O) groups excluding carboxylic acids is 1. The fourth-order valence-corrected chi connectivity index (χ4v) is 1.09. The molecule has 0 heterocycles. The van der Waals surface area contributed by atoms with Crippen LogP contribution in [0.4, 0.5) is 0 Å². The standard InChI is InChI=1S/C13H16O6/c1-13(2,3)19-18-12(17-11(16)10(14)15)9-7-5-4-6-8-9/h4-8,12H,1-3H3,(H,14,15). The predicted molar refractivity (Wildman–Crippen MR) is 64.8 cm³/mol. The predicted octanol–water partition coefficient (Wildman–Crippen LogP) is 2.06. The molecule has 0 aliphatic rings. The summed E-state index contributed by atoms with van der Waals surface area (Å²) in [6.07, 6.45) is -1.23. The van der Waals surface area contributed by atoms with Gasteiger partial charge < -0.3 is 9.84 Å². The van der Waals surface area contributed by atoms with Gasteiger partial charge in [-0.3, -0.25) is 0 Å². The van der Waals surface area contributed by atoms with Crippen LogP contribution < -0.4 is 0 Å². The van der Waals surface area contributed by atoms with Crippen molar-refractivity contribution in [1.82, 2.24) is 0 Å². The fraction of sp³-hybridized carbons (Fsp3) is 0.385. The normalized spacial score (nSPS) is 12.8. The molecule has 0 aromatic heterocycles. The summed E-state index contributed by atoms with van der Waals surface area (Å²) in [5, 5.41) is 8.53. The highest BCUT2D eigenvalue weighted by atomic mass is 17.2. The van der Waals surface area contributed by atoms with E-state index in [-0.39, 0.29) is 0 Å². The molecule has 0 radical (unpaired) electrons. The number of carboxylic acids is 1. The van der Waals surface area contributed by atoms with Gasteiger partial charge in [0, 0.05) is 5.56 Å². The van der Waals surface area contributed by atoms with Gasteiger partial charge in [0.1, 0.15) is 0 Å². The van der Waals surface area contributed by atoms with Gasteiger partial charge >= 0.3 is 11.9 Å². The Morgan fingerprint density at radius 3 is 2.21 bits per heavy atom. The molecule has 6 heteroatoms. The minimum absolute atomic E-state index is 0.473. The van der Waals surface area contributed by atoms with Crippen LogP contribution in [0.1, 0.15) is 32.6 Å². The van der Waals surface area contributed by atoms with Crippen molar-refractivity contribution in [2.75, 3.05) is 0 Å². The molecule has 0 saturated carbocycles. The van der Waals surface area contributed by atoms with Gasteiger partial charge in [0.15, 0.2) is 0 Å². The summed E-state index contributed by atoms with van der Waals surface area (Å²) in [7, 11) is 0. The van der Waals surface area contributed by atoms with Crippen LogP contribution in [0.15, 0.2) is 30.3 Å². The third-order valence-electron chi connectivity index (χ3n) is 1.85. The Morgan fingerprint density at radius 2 is 1.74 bits per heavy atom. The van der Waals surface area contributed by atoms with Gasteiger partial charge in [-0.1, -0.05) is 30.3 Å². The minimum Gasteiger partial charge on any atom is -0.473 e. The summed E-state index contributed by atoms with van der Waals surface area (Å²) in [6, 6.07) is 8.44. The number of hydrogen-bond acceptors (Lipinski definition) is 5. The number of hydrogen-bond donors (Lipinski definition) is 1. The fourth-order valence-electron chi connectivity index (χ4n) is 1.09. The second kappa shape index (κ2) is 6.31. The number of esters is 1. The van der Waals surface area contributed by atoms with Crippen LogP contribution in [0.25, 0.3) is 0 Å². The molecule has 0 spiro atoms. The maximum Gasteiger partial charge on any atom is 0.419 e. The molecule has 6 nitrogen and oxygen atoms in total. The molecule has 0 aliphatic carbocycles. The van der Waals surface area contributed by atoms with E-state index in [9.17, 15) is 9.59 Å². The van der Waals surface area contributed by atoms with E-state index in [2.05, 4.69) is 0 Å². The maximum absolute atomic E-state index is 11.1. The Bertz CT molecular complexity index is 434. The van der Waals surface area contributed by atoms with E-state index >= 15 is 0 Å². The second-order valence-electron chi connectivity index (χ2n) is 4.75. The number of ether oxygens (including phenoxy) is 1. The lowest BCUT2D eigenvalue weighted by Crippen LogP contribution is -2.25. The Morgan fingerprint density at radius 1 is 1.16 bits per heavy atom. The Hall–Kier alpha value is -1.92. The highest BCUT2D eigenvalue weighted by Crippen LogP contribution is 2.22. The van der Waals surface area contributed by atoms with E-state index in [1.54, 1.807) is 51.1 Å². The van der Waals surface area contributed by atoms with Crippen molar-refractivity contribution in [2.45, 2.75) is 32.7 Å². The first-order valence-electron chi connectivity index (χ1n) is 5.63. The van der Waals surface area contributed by atoms with Crippen LogP contribution in [0, 0.1) is 0 Å². The zero-order valence-electron chi connectivity index (χ0n) is 11.0. The molecule has 1 rings (SSSR count). The second-order valence-corrected chi connectivity index (χ2v) is 4.75. The third kappa shape index (κ3) is 5.50. The van der Waals surface area contributed by atoms with Crippen LogP contribution in [-0.4, -0.2) is 22.6 Å². The molecule has 104 valence electrons. The van der Waals surface area contributed by atoms with E-state index in [0.717, 1.165) is 0 Å². The molecule has 0 saturated heterocycles. The molecule has 1 N–H and O–H groups in total. The van der Waals surface area contributed by atoms with Gasteiger partial charge in [-0.05, 0) is 20.8 Å². The zero-order chi connectivity index (χ0) is 14.5. The van der Waals surface area contributed by atoms with Gasteiger partial charge in [0.05, 0.1) is 5.60 Å². The first-order chi connectivity index (χ1) is 8.79. The van der Waals surface area contributed by atoms with Crippen LogP contribution >= 0.6 is 0 Å². The van der Waals surface area contributed by atoms with Crippen molar-refractivity contribution in [3.05, 3.63) is 35.9 Å². The molecule has 1 unspecified atom stereocenters. The minimum atomic E-state index is -1.69. The van der Waals surface area contributed by atoms with Crippen molar-refractivity contribution in [3.8, 4) is 0 Å². The molecular formula is C13H16O6. The summed E-state index contributed by atoms with van der Waals surface area (Å²) in [4.78, 5) is 31.7. The molecule has 19 heavy (non-hydrogen) atoms. The van der Waals surface area contributed by atoms with Crippen LogP contribution in [0.5, 0.6) is 0 Å². The van der Waals surface area contributed by atoms with E-state index in [4.69, 9.17) is 19.6 Å². The topological polar surface area (TPSA) is 82.1 Å². The lowest BCUT2D eigenvalue weighted by atomic mass is 10.2. The summed E-state index contributed by atoms with van der Waals surface area (Å²) in [6.45, 7) is 5.23. The first kappa shape index (κ1) is 15.1. The van der Waals surface area contributed by atoms with Crippen molar-refractivity contribution >= 4 is 11.9 Å². The molecule has 1 aromatic carbocycles. The van der Waals surface area contributed by atoms with Gasteiger partial charge in [0.25, 0.3) is 6.29 Å². The Balaban J connectivity index is 2.79. The summed E-state index contributed by atoms with van der Waals surface area (Å²) >= 11 is 0. The van der Waals surface area contributed by atoms with Crippen molar-refractivity contribution in [1.29, 1.82) is 0 Å². The van der Waals surface area contributed by atoms with Gasteiger partial charge in [0.2, 0.25) is 0 Å². The molecule has 0 aliphatic heterocycles. The number of aliphatic carboxylic acids is 1. The van der Waals surface area contributed by atoms with E-state index < -0.39 is 23.8 Å². The number of carbonyl (C=O) groups is 2. The largest absolute Gasteiger partial charge is 0.473 e. The summed E-state index contributed by atoms with van der Waals surface area (Å²) in [5.74, 6) is -3.10. The van der Waals surface area contributed by atoms with Gasteiger partial charge in [-0.2, -0.15) is 4.89 Å². The van der Waals surface area contributed by atoms with Gasteiger partial charge in [-0.15, -0.1) is 0 Å². The average molecular weight is 268 g/mol. The van der Waals surface area contributed by atoms with Crippen molar-refractivity contribution in [2.24, 2.45) is 0 Å². The zero-order valence-corrected chi connectivity index (χ0v) is 11.0. The Labute approximate surface area is 110 Å². The summed E-state index contributed by atoms with van der Waals surface area (Å²) < 4.78 is 4.71. The van der Waals surface area contributed by atoms with Crippen LogP contribution in [0.3, 0.4) is 0 Å². The molecule has 0 fully saturated rings. The SMILES string of the molecule is CC(C)(C)OOC(OC(=O)C(=O)O)c1ccccc1.